The second-order valence-electron chi connectivity index (χ2n) is 8.76. The van der Waals surface area contributed by atoms with Gasteiger partial charge in [0.2, 0.25) is 0 Å². The molecule has 168 valence electrons. The molecule has 0 spiro atoms. The number of urea groups is 1. The number of aromatic nitrogens is 1. The predicted octanol–water partition coefficient (Wildman–Crippen LogP) is 7.58. The van der Waals surface area contributed by atoms with Gasteiger partial charge in [-0.2, -0.15) is 0 Å². The fourth-order valence-corrected chi connectivity index (χ4v) is 7.58. The third-order valence-corrected chi connectivity index (χ3v) is 9.19. The molecular weight excluding hydrogens is 470 g/mol. The Labute approximate surface area is 206 Å². The molecule has 2 amide bonds. The van der Waals surface area contributed by atoms with Crippen LogP contribution in [0.1, 0.15) is 51.0 Å². The number of aryl methyl sites for hydroxylation is 2. The first-order valence-corrected chi connectivity index (χ1v) is 13.4. The van der Waals surface area contributed by atoms with Crippen LogP contribution in [0.3, 0.4) is 0 Å². The Morgan fingerprint density at radius 3 is 2.82 bits per heavy atom. The summed E-state index contributed by atoms with van der Waals surface area (Å²) in [4.78, 5) is 18.5. The van der Waals surface area contributed by atoms with Crippen molar-refractivity contribution in [3.63, 3.8) is 0 Å². The van der Waals surface area contributed by atoms with Gasteiger partial charge in [0.1, 0.15) is 11.0 Å². The number of thiophene rings is 2. The second-order valence-corrected chi connectivity index (χ2v) is 11.2. The average Bonchev–Trinajstić information content (AvgIpc) is 3.55. The monoisotopic (exact) mass is 493 g/mol. The number of hydrogen-bond acceptors (Lipinski definition) is 3. The Morgan fingerprint density at radius 1 is 1.12 bits per heavy atom. The number of hydrogen-bond donors (Lipinski definition) is 1. The second kappa shape index (κ2) is 8.35. The van der Waals surface area contributed by atoms with E-state index >= 15 is 0 Å². The lowest BCUT2D eigenvalue weighted by molar-refractivity contribution is 0.195. The van der Waals surface area contributed by atoms with E-state index in [1.165, 1.54) is 33.8 Å². The Bertz CT molecular complexity index is 1340. The summed E-state index contributed by atoms with van der Waals surface area (Å²) in [5, 5.41) is 7.02. The number of nitrogens with one attached hydrogen (secondary N) is 1. The molecule has 1 aromatic carbocycles. The molecule has 0 fully saturated rings. The van der Waals surface area contributed by atoms with E-state index in [1.807, 2.05) is 41.4 Å². The lowest BCUT2D eigenvalue weighted by Gasteiger charge is -2.30. The number of rotatable bonds is 2. The van der Waals surface area contributed by atoms with Crippen molar-refractivity contribution in [3.8, 4) is 5.00 Å². The highest BCUT2D eigenvalue weighted by Gasteiger charge is 2.36. The van der Waals surface area contributed by atoms with Gasteiger partial charge in [0.15, 0.2) is 0 Å². The van der Waals surface area contributed by atoms with Gasteiger partial charge in [0, 0.05) is 21.5 Å². The number of amides is 2. The van der Waals surface area contributed by atoms with Crippen LogP contribution in [0.25, 0.3) is 5.00 Å². The van der Waals surface area contributed by atoms with Crippen molar-refractivity contribution in [1.82, 2.24) is 9.47 Å². The third-order valence-electron chi connectivity index (χ3n) is 6.62. The lowest BCUT2D eigenvalue weighted by Crippen LogP contribution is -2.37. The molecule has 33 heavy (non-hydrogen) atoms. The van der Waals surface area contributed by atoms with Crippen molar-refractivity contribution in [2.75, 3.05) is 5.32 Å². The predicted molar refractivity (Wildman–Crippen MR) is 137 cm³/mol. The molecule has 3 aromatic heterocycles. The van der Waals surface area contributed by atoms with E-state index in [4.69, 9.17) is 11.6 Å². The van der Waals surface area contributed by atoms with Gasteiger partial charge in [-0.3, -0.25) is 0 Å². The van der Waals surface area contributed by atoms with Crippen molar-refractivity contribution < 1.29 is 4.79 Å². The number of benzene rings is 1. The van der Waals surface area contributed by atoms with Gasteiger partial charge in [-0.1, -0.05) is 23.7 Å². The van der Waals surface area contributed by atoms with Crippen LogP contribution in [0.5, 0.6) is 0 Å². The molecule has 0 saturated heterocycles. The van der Waals surface area contributed by atoms with Gasteiger partial charge in [0.05, 0.1) is 22.9 Å². The SMILES string of the molecule is Cc1ccc(NC(=O)N2Cc3c(sc4c3CCCC4)-n3cccc3C2c2cccs2)c(Cl)c1. The molecule has 1 atom stereocenters. The van der Waals surface area contributed by atoms with Crippen molar-refractivity contribution >= 4 is 46.0 Å². The summed E-state index contributed by atoms with van der Waals surface area (Å²) in [6.45, 7) is 2.58. The van der Waals surface area contributed by atoms with Crippen molar-refractivity contribution in [2.24, 2.45) is 0 Å². The summed E-state index contributed by atoms with van der Waals surface area (Å²) in [5.74, 6) is 0. The Balaban J connectivity index is 1.48. The van der Waals surface area contributed by atoms with E-state index in [2.05, 4.69) is 45.7 Å². The van der Waals surface area contributed by atoms with E-state index in [-0.39, 0.29) is 12.1 Å². The van der Waals surface area contributed by atoms with Crippen LogP contribution < -0.4 is 5.32 Å². The molecule has 4 heterocycles. The van der Waals surface area contributed by atoms with Crippen LogP contribution >= 0.6 is 34.3 Å². The van der Waals surface area contributed by atoms with Crippen LogP contribution in [-0.4, -0.2) is 15.5 Å². The maximum absolute atomic E-state index is 13.8. The van der Waals surface area contributed by atoms with E-state index in [0.29, 0.717) is 17.3 Å². The molecule has 1 unspecified atom stereocenters. The fourth-order valence-electron chi connectivity index (χ4n) is 5.04. The van der Waals surface area contributed by atoms with E-state index < -0.39 is 0 Å². The summed E-state index contributed by atoms with van der Waals surface area (Å²) >= 11 is 10.1. The standard InChI is InChI=1S/C26H24ClN3OS2/c1-16-10-11-20(19(27)14-16)28-26(31)30-15-18-17-6-2-3-8-22(17)33-25(18)29-12-4-7-21(29)24(30)23-9-5-13-32-23/h4-5,7,9-14,24H,2-3,6,8,15H2,1H3,(H,28,31). The van der Waals surface area contributed by atoms with Gasteiger partial charge in [-0.05, 0) is 79.4 Å². The molecule has 4 nitrogen and oxygen atoms in total. The first-order chi connectivity index (χ1) is 16.1. The molecule has 7 heteroatoms. The summed E-state index contributed by atoms with van der Waals surface area (Å²) in [5.41, 5.74) is 5.59. The summed E-state index contributed by atoms with van der Waals surface area (Å²) < 4.78 is 2.31. The van der Waals surface area contributed by atoms with Gasteiger partial charge in [-0.15, -0.1) is 22.7 Å². The zero-order valence-corrected chi connectivity index (χ0v) is 20.7. The van der Waals surface area contributed by atoms with E-state index in [0.717, 1.165) is 29.0 Å². The maximum Gasteiger partial charge on any atom is 0.323 e. The first-order valence-electron chi connectivity index (χ1n) is 11.3. The highest BCUT2D eigenvalue weighted by Crippen LogP contribution is 2.44. The van der Waals surface area contributed by atoms with Crippen LogP contribution in [0.15, 0.2) is 54.0 Å². The maximum atomic E-state index is 13.8. The number of nitrogens with zero attached hydrogens (tertiary/aromatic N) is 2. The molecule has 0 radical (unpaired) electrons. The highest BCUT2D eigenvalue weighted by molar-refractivity contribution is 7.15. The minimum atomic E-state index is -0.164. The van der Waals surface area contributed by atoms with Gasteiger partial charge < -0.3 is 14.8 Å². The fraction of sp³-hybridized carbons (Fsp3) is 0.269. The molecule has 0 bridgehead atoms. The molecule has 1 N–H and O–H groups in total. The van der Waals surface area contributed by atoms with Gasteiger partial charge in [0.25, 0.3) is 0 Å². The number of halogens is 1. The van der Waals surface area contributed by atoms with Crippen LogP contribution in [-0.2, 0) is 19.4 Å². The molecule has 2 aliphatic rings. The van der Waals surface area contributed by atoms with Gasteiger partial charge in [-0.25, -0.2) is 4.79 Å². The molecule has 4 aromatic rings. The quantitative estimate of drug-likeness (QED) is 0.307. The molecule has 0 saturated carbocycles. The summed E-state index contributed by atoms with van der Waals surface area (Å²) in [6.07, 6.45) is 6.85. The smallest absolute Gasteiger partial charge is 0.310 e. The third kappa shape index (κ3) is 3.61. The molecule has 1 aliphatic heterocycles. The molecule has 1 aliphatic carbocycles. The number of carbonyl (C=O) groups is 1. The van der Waals surface area contributed by atoms with E-state index in [9.17, 15) is 4.79 Å². The zero-order valence-electron chi connectivity index (χ0n) is 18.3. The summed E-state index contributed by atoms with van der Waals surface area (Å²) in [6, 6.07) is 13.9. The van der Waals surface area contributed by atoms with Crippen molar-refractivity contribution in [3.05, 3.63) is 91.2 Å². The van der Waals surface area contributed by atoms with Crippen LogP contribution in [0.2, 0.25) is 5.02 Å². The van der Waals surface area contributed by atoms with Crippen molar-refractivity contribution in [2.45, 2.75) is 45.2 Å². The van der Waals surface area contributed by atoms with E-state index in [1.54, 1.807) is 11.3 Å². The minimum absolute atomic E-state index is 0.129. The molecular formula is C26H24ClN3OS2. The lowest BCUT2D eigenvalue weighted by atomic mass is 9.95. The van der Waals surface area contributed by atoms with Crippen LogP contribution in [0.4, 0.5) is 10.5 Å². The Hall–Kier alpha value is -2.54. The average molecular weight is 494 g/mol. The number of fused-ring (bicyclic) bond motifs is 5. The Morgan fingerprint density at radius 2 is 2.00 bits per heavy atom. The number of anilines is 1. The normalized spacial score (nSPS) is 17.2. The number of carbonyl (C=O) groups excluding carboxylic acids is 1. The largest absolute Gasteiger partial charge is 0.323 e. The van der Waals surface area contributed by atoms with Gasteiger partial charge >= 0.3 is 6.03 Å². The summed E-state index contributed by atoms with van der Waals surface area (Å²) in [7, 11) is 0. The first kappa shape index (κ1) is 21.0. The highest BCUT2D eigenvalue weighted by atomic mass is 35.5. The minimum Gasteiger partial charge on any atom is -0.310 e. The van der Waals surface area contributed by atoms with Crippen molar-refractivity contribution in [1.29, 1.82) is 0 Å². The molecule has 6 rings (SSSR count). The topological polar surface area (TPSA) is 37.3 Å². The Kier molecular flexibility index (Phi) is 5.32. The van der Waals surface area contributed by atoms with Crippen LogP contribution in [0, 0.1) is 6.92 Å². The zero-order chi connectivity index (χ0) is 22.5.